The summed E-state index contributed by atoms with van der Waals surface area (Å²) in [4.78, 5) is 11.3. The molecule has 4 nitrogen and oxygen atoms in total. The summed E-state index contributed by atoms with van der Waals surface area (Å²) in [7, 11) is 1.40. The van der Waals surface area contributed by atoms with E-state index in [0.717, 1.165) is 12.1 Å². The van der Waals surface area contributed by atoms with Crippen molar-refractivity contribution in [1.82, 2.24) is 5.32 Å². The highest BCUT2D eigenvalue weighted by Crippen LogP contribution is 2.35. The van der Waals surface area contributed by atoms with E-state index in [1.165, 1.54) is 7.11 Å². The van der Waals surface area contributed by atoms with Gasteiger partial charge < -0.3 is 10.5 Å². The van der Waals surface area contributed by atoms with E-state index in [-0.39, 0.29) is 13.2 Å². The molecule has 0 bridgehead atoms. The van der Waals surface area contributed by atoms with Crippen LogP contribution in [0.2, 0.25) is 0 Å². The third kappa shape index (κ3) is 4.17. The van der Waals surface area contributed by atoms with Gasteiger partial charge in [-0.1, -0.05) is 6.07 Å². The van der Waals surface area contributed by atoms with Crippen LogP contribution in [0.15, 0.2) is 18.2 Å². The molecule has 1 aromatic rings. The highest BCUT2D eigenvalue weighted by Gasteiger charge is 2.36. The van der Waals surface area contributed by atoms with Crippen molar-refractivity contribution in [3.63, 3.8) is 0 Å². The number of nitrogens with one attached hydrogen (secondary N) is 1. The number of carbonyl (C=O) groups is 1. The number of benzene rings is 1. The van der Waals surface area contributed by atoms with Gasteiger partial charge in [-0.25, -0.2) is 4.39 Å². The van der Waals surface area contributed by atoms with Gasteiger partial charge in [-0.2, -0.15) is 13.2 Å². The Balaban J connectivity index is 3.16. The molecular weight excluding hydrogens is 280 g/mol. The van der Waals surface area contributed by atoms with Crippen LogP contribution in [0.5, 0.6) is 0 Å². The molecule has 1 rings (SSSR count). The van der Waals surface area contributed by atoms with Crippen LogP contribution in [0.4, 0.5) is 17.6 Å². The maximum atomic E-state index is 13.0. The van der Waals surface area contributed by atoms with Gasteiger partial charge in [0.25, 0.3) is 0 Å². The Labute approximate surface area is 112 Å². The number of amides is 1. The maximum absolute atomic E-state index is 13.0. The molecule has 112 valence electrons. The van der Waals surface area contributed by atoms with Crippen LogP contribution in [-0.2, 0) is 15.7 Å². The largest absolute Gasteiger partial charge is 0.416 e. The monoisotopic (exact) mass is 294 g/mol. The molecule has 0 heterocycles. The molecule has 0 radical (unpaired) electrons. The first kappa shape index (κ1) is 16.4. The molecule has 0 aromatic heterocycles. The first-order valence-electron chi connectivity index (χ1n) is 5.65. The zero-order valence-corrected chi connectivity index (χ0v) is 10.6. The van der Waals surface area contributed by atoms with Gasteiger partial charge in [0.2, 0.25) is 5.91 Å². The van der Waals surface area contributed by atoms with Crippen molar-refractivity contribution >= 4 is 5.91 Å². The van der Waals surface area contributed by atoms with Crippen LogP contribution in [0.3, 0.4) is 0 Å². The quantitative estimate of drug-likeness (QED) is 0.619. The number of rotatable bonds is 6. The average molecular weight is 294 g/mol. The third-order valence-corrected chi connectivity index (χ3v) is 2.57. The van der Waals surface area contributed by atoms with E-state index in [0.29, 0.717) is 6.07 Å². The van der Waals surface area contributed by atoms with Crippen LogP contribution >= 0.6 is 0 Å². The number of methoxy groups -OCH3 is 1. The van der Waals surface area contributed by atoms with Crippen molar-refractivity contribution in [2.45, 2.75) is 12.2 Å². The van der Waals surface area contributed by atoms with E-state index < -0.39 is 35.1 Å². The molecule has 1 unspecified atom stereocenters. The lowest BCUT2D eigenvalue weighted by Gasteiger charge is -2.20. The second-order valence-electron chi connectivity index (χ2n) is 4.01. The minimum absolute atomic E-state index is 0.124. The summed E-state index contributed by atoms with van der Waals surface area (Å²) in [5.74, 6) is -2.03. The van der Waals surface area contributed by atoms with Gasteiger partial charge >= 0.3 is 6.18 Å². The molecule has 20 heavy (non-hydrogen) atoms. The third-order valence-electron chi connectivity index (χ3n) is 2.57. The molecule has 0 fully saturated rings. The minimum Gasteiger partial charge on any atom is -0.383 e. The molecule has 1 amide bonds. The van der Waals surface area contributed by atoms with Crippen LogP contribution in [0.1, 0.15) is 17.2 Å². The lowest BCUT2D eigenvalue weighted by Crippen LogP contribution is -2.36. The number of nitrogens with two attached hydrogens (primary N) is 1. The molecule has 0 aliphatic rings. The predicted molar refractivity (Wildman–Crippen MR) is 63.2 cm³/mol. The van der Waals surface area contributed by atoms with Crippen molar-refractivity contribution in [1.29, 1.82) is 0 Å². The Hall–Kier alpha value is -1.67. The molecular formula is C12H14F4N2O2. The highest BCUT2D eigenvalue weighted by atomic mass is 19.4. The SMILES string of the molecule is COCCNC(C(N)=O)c1ccc(F)cc1C(F)(F)F. The standard InChI is InChI=1S/C12H14F4N2O2/c1-20-5-4-18-10(11(17)19)8-3-2-7(13)6-9(8)12(14,15)16/h2-3,6,10,18H,4-5H2,1H3,(H2,17,19). The van der Waals surface area contributed by atoms with Gasteiger partial charge in [0.15, 0.2) is 0 Å². The maximum Gasteiger partial charge on any atom is 0.416 e. The molecule has 0 saturated carbocycles. The fourth-order valence-corrected chi connectivity index (χ4v) is 1.69. The van der Waals surface area contributed by atoms with Crippen molar-refractivity contribution in [3.8, 4) is 0 Å². The normalized spacial score (nSPS) is 13.2. The minimum atomic E-state index is -4.78. The molecule has 0 aliphatic heterocycles. The summed E-state index contributed by atoms with van der Waals surface area (Å²) in [6, 6.07) is 0.706. The average Bonchev–Trinajstić information content (AvgIpc) is 2.34. The zero-order chi connectivity index (χ0) is 15.3. The number of halogens is 4. The van der Waals surface area contributed by atoms with Gasteiger partial charge in [-0.15, -0.1) is 0 Å². The lowest BCUT2D eigenvalue weighted by atomic mass is 9.99. The van der Waals surface area contributed by atoms with Crippen LogP contribution in [0.25, 0.3) is 0 Å². The Morgan fingerprint density at radius 3 is 2.60 bits per heavy atom. The topological polar surface area (TPSA) is 64.3 Å². The van der Waals surface area contributed by atoms with Crippen LogP contribution in [0, 0.1) is 5.82 Å². The summed E-state index contributed by atoms with van der Waals surface area (Å²) in [5.41, 5.74) is 3.45. The number of ether oxygens (including phenoxy) is 1. The predicted octanol–water partition coefficient (Wildman–Crippen LogP) is 1.61. The van der Waals surface area contributed by atoms with E-state index in [9.17, 15) is 22.4 Å². The second-order valence-corrected chi connectivity index (χ2v) is 4.01. The Morgan fingerprint density at radius 1 is 1.45 bits per heavy atom. The van der Waals surface area contributed by atoms with Crippen molar-refractivity contribution in [2.24, 2.45) is 5.73 Å². The van der Waals surface area contributed by atoms with Gasteiger partial charge in [-0.3, -0.25) is 10.1 Å². The summed E-state index contributed by atoms with van der Waals surface area (Å²) in [6.45, 7) is 0.311. The van der Waals surface area contributed by atoms with Gasteiger partial charge in [0.05, 0.1) is 12.2 Å². The smallest absolute Gasteiger partial charge is 0.383 e. The van der Waals surface area contributed by atoms with Crippen molar-refractivity contribution < 1.29 is 27.1 Å². The molecule has 1 aromatic carbocycles. The number of hydrogen-bond donors (Lipinski definition) is 2. The van der Waals surface area contributed by atoms with Gasteiger partial charge in [-0.05, 0) is 17.7 Å². The molecule has 0 spiro atoms. The molecule has 1 atom stereocenters. The van der Waals surface area contributed by atoms with E-state index in [1.807, 2.05) is 0 Å². The zero-order valence-electron chi connectivity index (χ0n) is 10.6. The number of alkyl halides is 3. The van der Waals surface area contributed by atoms with Crippen molar-refractivity contribution in [3.05, 3.63) is 35.1 Å². The van der Waals surface area contributed by atoms with Gasteiger partial charge in [0, 0.05) is 13.7 Å². The van der Waals surface area contributed by atoms with Crippen LogP contribution in [-0.4, -0.2) is 26.2 Å². The highest BCUT2D eigenvalue weighted by molar-refractivity contribution is 5.82. The fraction of sp³-hybridized carbons (Fsp3) is 0.417. The fourth-order valence-electron chi connectivity index (χ4n) is 1.69. The Bertz CT molecular complexity index is 477. The summed E-state index contributed by atoms with van der Waals surface area (Å²) >= 11 is 0. The van der Waals surface area contributed by atoms with E-state index in [1.54, 1.807) is 0 Å². The molecule has 0 saturated heterocycles. The molecule has 3 N–H and O–H groups in total. The first-order chi connectivity index (χ1) is 9.27. The van der Waals surface area contributed by atoms with Crippen molar-refractivity contribution in [2.75, 3.05) is 20.3 Å². The van der Waals surface area contributed by atoms with E-state index in [4.69, 9.17) is 10.5 Å². The first-order valence-corrected chi connectivity index (χ1v) is 5.65. The number of hydrogen-bond acceptors (Lipinski definition) is 3. The summed E-state index contributed by atoms with van der Waals surface area (Å²) < 4.78 is 56.3. The lowest BCUT2D eigenvalue weighted by molar-refractivity contribution is -0.138. The van der Waals surface area contributed by atoms with Gasteiger partial charge in [0.1, 0.15) is 11.9 Å². The Kier molecular flexibility index (Phi) is 5.46. The number of primary amides is 1. The molecule has 0 aliphatic carbocycles. The van der Waals surface area contributed by atoms with E-state index >= 15 is 0 Å². The summed E-state index contributed by atoms with van der Waals surface area (Å²) in [6.07, 6.45) is -4.78. The second kappa shape index (κ2) is 6.67. The Morgan fingerprint density at radius 2 is 2.10 bits per heavy atom. The molecule has 8 heteroatoms. The summed E-state index contributed by atoms with van der Waals surface area (Å²) in [5, 5.41) is 2.55. The van der Waals surface area contributed by atoms with E-state index in [2.05, 4.69) is 5.32 Å². The number of carbonyl (C=O) groups excluding carboxylic acids is 1. The van der Waals surface area contributed by atoms with Crippen LogP contribution < -0.4 is 11.1 Å².